The highest BCUT2D eigenvalue weighted by Gasteiger charge is 2.25. The van der Waals surface area contributed by atoms with E-state index in [1.54, 1.807) is 0 Å². The summed E-state index contributed by atoms with van der Waals surface area (Å²) in [6.07, 6.45) is -0.716. The number of oxime groups is 1. The molecule has 1 atom stereocenters. The number of benzene rings is 1. The smallest absolute Gasteiger partial charge is 0.333 e. The second-order valence-corrected chi connectivity index (χ2v) is 5.44. The van der Waals surface area contributed by atoms with Gasteiger partial charge in [-0.2, -0.15) is 0 Å². The molecular formula is C13H19ClNO4P. The molecule has 0 saturated heterocycles. The molecule has 0 saturated carbocycles. The lowest BCUT2D eigenvalue weighted by molar-refractivity contribution is 0.152. The van der Waals surface area contributed by atoms with Gasteiger partial charge in [0.1, 0.15) is 6.10 Å². The van der Waals surface area contributed by atoms with Crippen molar-refractivity contribution >= 4 is 25.4 Å². The van der Waals surface area contributed by atoms with Gasteiger partial charge in [-0.15, -0.1) is 0 Å². The first-order valence-electron chi connectivity index (χ1n) is 6.29. The number of halogens is 1. The summed E-state index contributed by atoms with van der Waals surface area (Å²) < 4.78 is 16.5. The molecule has 0 aromatic heterocycles. The molecule has 112 valence electrons. The molecule has 0 amide bonds. The van der Waals surface area contributed by atoms with Crippen molar-refractivity contribution in [1.82, 2.24) is 0 Å². The van der Waals surface area contributed by atoms with Crippen molar-refractivity contribution in [2.75, 3.05) is 13.2 Å². The first-order valence-corrected chi connectivity index (χ1v) is 7.76. The van der Waals surface area contributed by atoms with E-state index in [9.17, 15) is 0 Å². The van der Waals surface area contributed by atoms with E-state index in [1.165, 1.54) is 0 Å². The molecule has 1 rings (SSSR count). The Bertz CT molecular complexity index is 421. The Morgan fingerprint density at radius 1 is 1.25 bits per heavy atom. The summed E-state index contributed by atoms with van der Waals surface area (Å²) in [5.41, 5.74) is 1.88. The third kappa shape index (κ3) is 5.35. The summed E-state index contributed by atoms with van der Waals surface area (Å²) in [4.78, 5) is 0. The fourth-order valence-corrected chi connectivity index (χ4v) is 2.67. The molecule has 0 spiro atoms. The predicted molar refractivity (Wildman–Crippen MR) is 80.3 cm³/mol. The zero-order valence-corrected chi connectivity index (χ0v) is 13.4. The molecule has 5 nitrogen and oxygen atoms in total. The Morgan fingerprint density at radius 2 is 1.80 bits per heavy atom. The van der Waals surface area contributed by atoms with Crippen molar-refractivity contribution in [2.24, 2.45) is 5.16 Å². The summed E-state index contributed by atoms with van der Waals surface area (Å²) >= 11 is 5.92. The zero-order valence-electron chi connectivity index (χ0n) is 11.7. The van der Waals surface area contributed by atoms with E-state index in [-0.39, 0.29) is 5.17 Å². The monoisotopic (exact) mass is 319 g/mol. The normalized spacial score (nSPS) is 13.8. The predicted octanol–water partition coefficient (Wildman–Crippen LogP) is 4.38. The highest BCUT2D eigenvalue weighted by atomic mass is 35.5. The lowest BCUT2D eigenvalue weighted by Crippen LogP contribution is -2.11. The van der Waals surface area contributed by atoms with Crippen LogP contribution >= 0.6 is 20.2 Å². The molecule has 0 aliphatic heterocycles. The van der Waals surface area contributed by atoms with Gasteiger partial charge in [-0.1, -0.05) is 46.6 Å². The minimum atomic E-state index is -1.55. The summed E-state index contributed by atoms with van der Waals surface area (Å²) in [6, 6.07) is 7.58. The highest BCUT2D eigenvalue weighted by molar-refractivity contribution is 7.41. The van der Waals surface area contributed by atoms with E-state index < -0.39 is 14.7 Å². The van der Waals surface area contributed by atoms with E-state index in [4.69, 9.17) is 30.4 Å². The molecule has 0 heterocycles. The Morgan fingerprint density at radius 3 is 2.25 bits per heavy atom. The van der Waals surface area contributed by atoms with E-state index in [0.29, 0.717) is 13.2 Å². The molecule has 1 aromatic carbocycles. The summed E-state index contributed by atoms with van der Waals surface area (Å²) in [6.45, 7) is 6.59. The molecule has 1 aromatic rings. The molecule has 1 unspecified atom stereocenters. The van der Waals surface area contributed by atoms with Crippen molar-refractivity contribution in [2.45, 2.75) is 26.9 Å². The van der Waals surface area contributed by atoms with Crippen molar-refractivity contribution in [3.8, 4) is 0 Å². The van der Waals surface area contributed by atoms with Crippen molar-refractivity contribution < 1.29 is 18.8 Å². The van der Waals surface area contributed by atoms with Crippen LogP contribution in [0.15, 0.2) is 29.4 Å². The fourth-order valence-electron chi connectivity index (χ4n) is 1.43. The van der Waals surface area contributed by atoms with Gasteiger partial charge in [-0.3, -0.25) is 4.52 Å². The number of nitrogens with zero attached hydrogens (tertiary/aromatic N) is 1. The van der Waals surface area contributed by atoms with Gasteiger partial charge >= 0.3 is 8.60 Å². The first kappa shape index (κ1) is 17.3. The lowest BCUT2D eigenvalue weighted by atomic mass is 10.1. The maximum atomic E-state index is 8.90. The van der Waals surface area contributed by atoms with Gasteiger partial charge in [0, 0.05) is 0 Å². The van der Waals surface area contributed by atoms with E-state index in [0.717, 1.165) is 11.1 Å². The lowest BCUT2D eigenvalue weighted by Gasteiger charge is -2.21. The standard InChI is InChI=1S/C13H19ClNO4P/c1-4-17-20(18-5-2)19-12(13(14)15-16)11-8-6-10(3)7-9-11/h6-9,12,16H,4-5H2,1-3H3/b15-13-. The Hall–Kier alpha value is -0.710. The van der Waals surface area contributed by atoms with Crippen LogP contribution in [0.1, 0.15) is 31.1 Å². The highest BCUT2D eigenvalue weighted by Crippen LogP contribution is 2.45. The van der Waals surface area contributed by atoms with Gasteiger partial charge in [0.2, 0.25) is 0 Å². The van der Waals surface area contributed by atoms with Gasteiger partial charge in [0.15, 0.2) is 5.17 Å². The summed E-state index contributed by atoms with van der Waals surface area (Å²) in [5, 5.41) is 11.8. The van der Waals surface area contributed by atoms with Crippen LogP contribution in [0.25, 0.3) is 0 Å². The number of aryl methyl sites for hydroxylation is 1. The van der Waals surface area contributed by atoms with Crippen LogP contribution in [0, 0.1) is 6.92 Å². The van der Waals surface area contributed by atoms with Gasteiger partial charge in [0.25, 0.3) is 0 Å². The van der Waals surface area contributed by atoms with Crippen LogP contribution < -0.4 is 0 Å². The van der Waals surface area contributed by atoms with E-state index >= 15 is 0 Å². The van der Waals surface area contributed by atoms with Crippen LogP contribution in [-0.4, -0.2) is 23.6 Å². The number of rotatable bonds is 8. The van der Waals surface area contributed by atoms with Crippen LogP contribution in [0.3, 0.4) is 0 Å². The minimum absolute atomic E-state index is 0.0687. The van der Waals surface area contributed by atoms with Gasteiger partial charge in [-0.25, -0.2) is 0 Å². The Kier molecular flexibility index (Phi) is 8.04. The van der Waals surface area contributed by atoms with Crippen molar-refractivity contribution in [1.29, 1.82) is 0 Å². The van der Waals surface area contributed by atoms with Gasteiger partial charge in [0.05, 0.1) is 13.2 Å². The summed E-state index contributed by atoms with van der Waals surface area (Å²) in [7, 11) is -1.55. The molecule has 0 aliphatic rings. The molecular weight excluding hydrogens is 301 g/mol. The van der Waals surface area contributed by atoms with Gasteiger partial charge in [-0.05, 0) is 26.3 Å². The molecule has 20 heavy (non-hydrogen) atoms. The van der Waals surface area contributed by atoms with Crippen LogP contribution in [0.5, 0.6) is 0 Å². The van der Waals surface area contributed by atoms with Crippen LogP contribution in [0.4, 0.5) is 0 Å². The van der Waals surface area contributed by atoms with E-state index in [1.807, 2.05) is 45.0 Å². The van der Waals surface area contributed by atoms with E-state index in [2.05, 4.69) is 5.16 Å². The molecule has 0 bridgehead atoms. The molecule has 0 fully saturated rings. The Labute approximate surface area is 125 Å². The quantitative estimate of drug-likeness (QED) is 0.334. The average molecular weight is 320 g/mol. The largest absolute Gasteiger partial charge is 0.410 e. The fraction of sp³-hybridized carbons (Fsp3) is 0.462. The van der Waals surface area contributed by atoms with Crippen LogP contribution in [-0.2, 0) is 13.6 Å². The summed E-state index contributed by atoms with van der Waals surface area (Å²) in [5.74, 6) is 0. The first-order chi connectivity index (χ1) is 9.62. The average Bonchev–Trinajstić information content (AvgIpc) is 2.45. The number of hydrogen-bond donors (Lipinski definition) is 1. The van der Waals surface area contributed by atoms with Crippen molar-refractivity contribution in [3.05, 3.63) is 35.4 Å². The second kappa shape index (κ2) is 9.27. The topological polar surface area (TPSA) is 60.3 Å². The minimum Gasteiger partial charge on any atom is -0.410 e. The Balaban J connectivity index is 2.91. The van der Waals surface area contributed by atoms with Crippen LogP contribution in [0.2, 0.25) is 0 Å². The number of hydrogen-bond acceptors (Lipinski definition) is 5. The van der Waals surface area contributed by atoms with Gasteiger partial charge < -0.3 is 14.3 Å². The maximum Gasteiger partial charge on any atom is 0.333 e. The molecule has 0 radical (unpaired) electrons. The third-order valence-electron chi connectivity index (χ3n) is 2.35. The molecule has 1 N–H and O–H groups in total. The third-order valence-corrected chi connectivity index (χ3v) is 3.95. The second-order valence-electron chi connectivity index (χ2n) is 3.88. The zero-order chi connectivity index (χ0) is 15.0. The maximum absolute atomic E-state index is 8.90. The molecule has 0 aliphatic carbocycles. The SMILES string of the molecule is CCOP(OCC)OC(/C(Cl)=N/O)c1ccc(C)cc1. The molecule has 7 heteroatoms. The van der Waals surface area contributed by atoms with Crippen molar-refractivity contribution in [3.63, 3.8) is 0 Å².